The van der Waals surface area contributed by atoms with Crippen molar-refractivity contribution in [2.45, 2.75) is 40.2 Å². The number of benzene rings is 1. The molecule has 2 rings (SSSR count). The second-order valence-corrected chi connectivity index (χ2v) is 6.32. The van der Waals surface area contributed by atoms with E-state index in [1.165, 1.54) is 11.3 Å². The summed E-state index contributed by atoms with van der Waals surface area (Å²) in [6, 6.07) is 8.77. The molecule has 0 radical (unpaired) electrons. The van der Waals surface area contributed by atoms with E-state index in [0.717, 1.165) is 28.8 Å². The number of nitrogens with one attached hydrogen (secondary N) is 1. The predicted octanol–water partition coefficient (Wildman–Crippen LogP) is 3.79. The summed E-state index contributed by atoms with van der Waals surface area (Å²) in [4.78, 5) is 0. The number of halogens is 1. The molecular weight excluding hydrogens is 314 g/mol. The van der Waals surface area contributed by atoms with E-state index in [1.54, 1.807) is 0 Å². The van der Waals surface area contributed by atoms with Gasteiger partial charge >= 0.3 is 0 Å². The first-order chi connectivity index (χ1) is 9.49. The Bertz CT molecular complexity index is 587. The van der Waals surface area contributed by atoms with Crippen LogP contribution in [0.4, 0.5) is 0 Å². The van der Waals surface area contributed by atoms with Crippen molar-refractivity contribution in [3.05, 3.63) is 45.7 Å². The minimum atomic E-state index is 0.524. The number of hydrogen-bond acceptors (Lipinski definition) is 2. The minimum Gasteiger partial charge on any atom is -0.314 e. The largest absolute Gasteiger partial charge is 0.314 e. The Hall–Kier alpha value is -1.13. The third-order valence-electron chi connectivity index (χ3n) is 3.42. The van der Waals surface area contributed by atoms with Gasteiger partial charge in [-0.2, -0.15) is 5.10 Å². The Balaban J connectivity index is 2.24. The molecule has 20 heavy (non-hydrogen) atoms. The van der Waals surface area contributed by atoms with Gasteiger partial charge in [-0.3, -0.25) is 0 Å². The maximum absolute atomic E-state index is 4.69. The molecule has 0 bridgehead atoms. The number of aromatic nitrogens is 2. The first kappa shape index (κ1) is 15.3. The van der Waals surface area contributed by atoms with E-state index >= 15 is 0 Å². The van der Waals surface area contributed by atoms with Crippen molar-refractivity contribution < 1.29 is 0 Å². The zero-order valence-corrected chi connectivity index (χ0v) is 14.2. The van der Waals surface area contributed by atoms with E-state index in [-0.39, 0.29) is 0 Å². The van der Waals surface area contributed by atoms with Crippen molar-refractivity contribution in [1.29, 1.82) is 0 Å². The second-order valence-electron chi connectivity index (χ2n) is 5.40. The van der Waals surface area contributed by atoms with E-state index in [9.17, 15) is 0 Å². The fourth-order valence-electron chi connectivity index (χ4n) is 2.38. The molecule has 3 nitrogen and oxygen atoms in total. The molecule has 1 aromatic heterocycles. The van der Waals surface area contributed by atoms with Crippen LogP contribution in [0.25, 0.3) is 5.69 Å². The SMILES string of the molecule is Cc1nn(-c2cccc(Br)c2)c(C)c1CCNC(C)C. The smallest absolute Gasteiger partial charge is 0.0660 e. The fraction of sp³-hybridized carbons (Fsp3) is 0.438. The topological polar surface area (TPSA) is 29.9 Å². The maximum Gasteiger partial charge on any atom is 0.0660 e. The zero-order chi connectivity index (χ0) is 14.7. The van der Waals surface area contributed by atoms with Crippen LogP contribution in [0.3, 0.4) is 0 Å². The molecule has 0 aliphatic rings. The van der Waals surface area contributed by atoms with E-state index in [2.05, 4.69) is 66.2 Å². The quantitative estimate of drug-likeness (QED) is 0.900. The van der Waals surface area contributed by atoms with Crippen molar-refractivity contribution >= 4 is 15.9 Å². The molecule has 0 amide bonds. The molecular formula is C16H22BrN3. The molecule has 1 N–H and O–H groups in total. The van der Waals surface area contributed by atoms with Crippen molar-refractivity contribution in [2.24, 2.45) is 0 Å². The summed E-state index contributed by atoms with van der Waals surface area (Å²) in [5, 5.41) is 8.15. The highest BCUT2D eigenvalue weighted by molar-refractivity contribution is 9.10. The van der Waals surface area contributed by atoms with Crippen LogP contribution in [-0.2, 0) is 6.42 Å². The van der Waals surface area contributed by atoms with Gasteiger partial charge in [-0.15, -0.1) is 0 Å². The predicted molar refractivity (Wildman–Crippen MR) is 87.6 cm³/mol. The Morgan fingerprint density at radius 1 is 1.30 bits per heavy atom. The summed E-state index contributed by atoms with van der Waals surface area (Å²) >= 11 is 3.52. The first-order valence-electron chi connectivity index (χ1n) is 7.03. The van der Waals surface area contributed by atoms with Crippen LogP contribution in [0.1, 0.15) is 30.8 Å². The van der Waals surface area contributed by atoms with Gasteiger partial charge in [-0.05, 0) is 50.6 Å². The van der Waals surface area contributed by atoms with E-state index in [1.807, 2.05) is 16.8 Å². The lowest BCUT2D eigenvalue weighted by Crippen LogP contribution is -2.25. The standard InChI is InChI=1S/C16H22BrN3/c1-11(2)18-9-8-16-12(3)19-20(13(16)4)15-7-5-6-14(17)10-15/h5-7,10-11,18H,8-9H2,1-4H3. The minimum absolute atomic E-state index is 0.524. The van der Waals surface area contributed by atoms with Crippen molar-refractivity contribution in [1.82, 2.24) is 15.1 Å². The molecule has 1 aromatic carbocycles. The third kappa shape index (κ3) is 3.49. The van der Waals surface area contributed by atoms with E-state index < -0.39 is 0 Å². The van der Waals surface area contributed by atoms with Gasteiger partial charge in [0.15, 0.2) is 0 Å². The van der Waals surface area contributed by atoms with Gasteiger partial charge < -0.3 is 5.32 Å². The maximum atomic E-state index is 4.69. The molecule has 4 heteroatoms. The highest BCUT2D eigenvalue weighted by Gasteiger charge is 2.12. The molecule has 0 unspecified atom stereocenters. The molecule has 2 aromatic rings. The normalized spacial score (nSPS) is 11.3. The highest BCUT2D eigenvalue weighted by atomic mass is 79.9. The van der Waals surface area contributed by atoms with Gasteiger partial charge in [0, 0.05) is 16.2 Å². The number of aryl methyl sites for hydroxylation is 1. The fourth-order valence-corrected chi connectivity index (χ4v) is 2.77. The molecule has 0 fully saturated rings. The lowest BCUT2D eigenvalue weighted by molar-refractivity contribution is 0.589. The zero-order valence-electron chi connectivity index (χ0n) is 12.6. The number of nitrogens with zero attached hydrogens (tertiary/aromatic N) is 2. The Morgan fingerprint density at radius 2 is 2.05 bits per heavy atom. The molecule has 0 spiro atoms. The van der Waals surface area contributed by atoms with Crippen LogP contribution in [0, 0.1) is 13.8 Å². The summed E-state index contributed by atoms with van der Waals surface area (Å²) in [5.41, 5.74) is 4.79. The summed E-state index contributed by atoms with van der Waals surface area (Å²) in [7, 11) is 0. The average molecular weight is 336 g/mol. The van der Waals surface area contributed by atoms with Crippen molar-refractivity contribution in [3.8, 4) is 5.69 Å². The lowest BCUT2D eigenvalue weighted by atomic mass is 10.1. The van der Waals surface area contributed by atoms with Crippen LogP contribution in [-0.4, -0.2) is 22.4 Å². The lowest BCUT2D eigenvalue weighted by Gasteiger charge is -2.09. The van der Waals surface area contributed by atoms with E-state index in [4.69, 9.17) is 0 Å². The summed E-state index contributed by atoms with van der Waals surface area (Å²) in [6.45, 7) is 9.57. The van der Waals surface area contributed by atoms with Crippen LogP contribution < -0.4 is 5.32 Å². The van der Waals surface area contributed by atoms with Crippen molar-refractivity contribution in [3.63, 3.8) is 0 Å². The second kappa shape index (κ2) is 6.55. The van der Waals surface area contributed by atoms with E-state index in [0.29, 0.717) is 6.04 Å². The molecule has 0 saturated carbocycles. The van der Waals surface area contributed by atoms with Gasteiger partial charge in [0.05, 0.1) is 11.4 Å². The van der Waals surface area contributed by atoms with Gasteiger partial charge in [0.2, 0.25) is 0 Å². The molecule has 0 saturated heterocycles. The van der Waals surface area contributed by atoms with Crippen LogP contribution in [0.2, 0.25) is 0 Å². The summed E-state index contributed by atoms with van der Waals surface area (Å²) in [5.74, 6) is 0. The summed E-state index contributed by atoms with van der Waals surface area (Å²) < 4.78 is 3.11. The Morgan fingerprint density at radius 3 is 2.70 bits per heavy atom. The molecule has 0 aliphatic heterocycles. The monoisotopic (exact) mass is 335 g/mol. The number of rotatable bonds is 5. The third-order valence-corrected chi connectivity index (χ3v) is 3.91. The molecule has 1 heterocycles. The first-order valence-corrected chi connectivity index (χ1v) is 7.82. The van der Waals surface area contributed by atoms with Gasteiger partial charge in [0.25, 0.3) is 0 Å². The highest BCUT2D eigenvalue weighted by Crippen LogP contribution is 2.20. The van der Waals surface area contributed by atoms with Gasteiger partial charge in [-0.1, -0.05) is 35.8 Å². The Kier molecular flexibility index (Phi) is 5.00. The van der Waals surface area contributed by atoms with Gasteiger partial charge in [0.1, 0.15) is 0 Å². The average Bonchev–Trinajstić information content (AvgIpc) is 2.66. The van der Waals surface area contributed by atoms with Crippen LogP contribution in [0.15, 0.2) is 28.7 Å². The number of hydrogen-bond donors (Lipinski definition) is 1. The summed E-state index contributed by atoms with van der Waals surface area (Å²) in [6.07, 6.45) is 1.02. The molecule has 0 aliphatic carbocycles. The van der Waals surface area contributed by atoms with Crippen LogP contribution >= 0.6 is 15.9 Å². The van der Waals surface area contributed by atoms with Gasteiger partial charge in [-0.25, -0.2) is 4.68 Å². The van der Waals surface area contributed by atoms with Crippen LogP contribution in [0.5, 0.6) is 0 Å². The Labute approximate surface area is 129 Å². The van der Waals surface area contributed by atoms with Crippen molar-refractivity contribution in [2.75, 3.05) is 6.54 Å². The molecule has 108 valence electrons. The molecule has 0 atom stereocenters.